The molecule has 164 valence electrons. The molecule has 4 aliphatic rings. The third-order valence-corrected chi connectivity index (χ3v) is 8.81. The third kappa shape index (κ3) is 7.10. The molecule has 0 amide bonds. The molecule has 2 spiro atoms. The second-order valence-corrected chi connectivity index (χ2v) is 10.6. The normalized spacial score (nSPS) is 27.7. The Balaban J connectivity index is 0.000000970. The van der Waals surface area contributed by atoms with Gasteiger partial charge in [-0.05, 0) is 102 Å². The van der Waals surface area contributed by atoms with Gasteiger partial charge in [0.1, 0.15) is 0 Å². The van der Waals surface area contributed by atoms with E-state index in [1.165, 1.54) is 116 Å². The van der Waals surface area contributed by atoms with E-state index in [0.29, 0.717) is 0 Å². The van der Waals surface area contributed by atoms with Crippen molar-refractivity contribution in [1.82, 2.24) is 9.80 Å². The zero-order valence-corrected chi connectivity index (χ0v) is 25.6. The summed E-state index contributed by atoms with van der Waals surface area (Å²) in [4.78, 5) is 5.51. The number of nitrogens with zero attached hydrogens (tertiary/aromatic N) is 2. The van der Waals surface area contributed by atoms with Gasteiger partial charge in [0, 0.05) is 0 Å². The molecule has 0 bridgehead atoms. The fourth-order valence-electron chi connectivity index (χ4n) is 6.74. The zero-order chi connectivity index (χ0) is 20.0. The molecule has 0 unspecified atom stereocenters. The smallest absolute Gasteiger partial charge is 0.332 e. The summed E-state index contributed by atoms with van der Waals surface area (Å²) in [7, 11) is 0. The fourth-order valence-corrected chi connectivity index (χ4v) is 6.74. The number of piperidine rings is 2. The molecule has 2 aliphatic heterocycles. The van der Waals surface area contributed by atoms with Crippen molar-refractivity contribution in [2.45, 2.75) is 105 Å². The molecule has 29 heavy (non-hydrogen) atoms. The molecule has 4 fully saturated rings. The van der Waals surface area contributed by atoms with E-state index in [9.17, 15) is 0 Å². The average molecular weight is 475 g/mol. The zero-order valence-electron chi connectivity index (χ0n) is 20.7. The van der Waals surface area contributed by atoms with Crippen LogP contribution in [0.1, 0.15) is 105 Å². The van der Waals surface area contributed by atoms with Crippen molar-refractivity contribution >= 4 is 0 Å². The van der Waals surface area contributed by atoms with Gasteiger partial charge in [0.2, 0.25) is 0 Å². The summed E-state index contributed by atoms with van der Waals surface area (Å²) >= 11 is 0. The second-order valence-electron chi connectivity index (χ2n) is 10.6. The Labute approximate surface area is 232 Å². The van der Waals surface area contributed by atoms with E-state index in [0.717, 1.165) is 16.7 Å². The Morgan fingerprint density at radius 2 is 1.28 bits per heavy atom. The van der Waals surface area contributed by atoms with Crippen molar-refractivity contribution in [3.63, 3.8) is 0 Å². The fraction of sp³-hybridized carbons (Fsp3) is 0.962. The Morgan fingerprint density at radius 3 is 1.79 bits per heavy atom. The van der Waals surface area contributed by atoms with E-state index in [4.69, 9.17) is 0 Å². The minimum atomic E-state index is 0. The Bertz CT molecular complexity index is 432. The van der Waals surface area contributed by atoms with Crippen LogP contribution in [0.4, 0.5) is 0 Å². The van der Waals surface area contributed by atoms with Gasteiger partial charge < -0.3 is 9.80 Å². The molecule has 2 heterocycles. The van der Waals surface area contributed by atoms with Gasteiger partial charge >= 0.3 is 58.2 Å². The minimum absolute atomic E-state index is 0. The first kappa shape index (κ1) is 27.0. The molecule has 0 aromatic heterocycles. The molecule has 2 saturated carbocycles. The second kappa shape index (κ2) is 12.8. The summed E-state index contributed by atoms with van der Waals surface area (Å²) in [5.74, 6) is 2.93. The van der Waals surface area contributed by atoms with E-state index in [-0.39, 0.29) is 58.2 Å². The maximum absolute atomic E-state index is 2.81. The van der Waals surface area contributed by atoms with Gasteiger partial charge in [-0.15, -0.1) is 6.54 Å². The molecule has 4 rings (SSSR count). The van der Waals surface area contributed by atoms with Crippen LogP contribution in [0.5, 0.6) is 0 Å². The number of hydrogen-bond acceptors (Lipinski definition) is 2. The molecular formula is C26H49N2Rb. The molecule has 0 aromatic rings. The molecule has 2 saturated heterocycles. The van der Waals surface area contributed by atoms with E-state index < -0.39 is 0 Å². The van der Waals surface area contributed by atoms with Crippen LogP contribution in [-0.2, 0) is 0 Å². The molecule has 2 nitrogen and oxygen atoms in total. The summed E-state index contributed by atoms with van der Waals surface area (Å²) in [5, 5.41) is 0. The van der Waals surface area contributed by atoms with Gasteiger partial charge in [-0.2, -0.15) is 12.8 Å². The Morgan fingerprint density at radius 1 is 0.759 bits per heavy atom. The van der Waals surface area contributed by atoms with Crippen LogP contribution < -0.4 is 58.2 Å². The summed E-state index contributed by atoms with van der Waals surface area (Å²) in [6.45, 7) is 16.9. The summed E-state index contributed by atoms with van der Waals surface area (Å²) < 4.78 is 0. The first-order chi connectivity index (χ1) is 13.6. The van der Waals surface area contributed by atoms with E-state index >= 15 is 0 Å². The Kier molecular flexibility index (Phi) is 11.9. The van der Waals surface area contributed by atoms with Crippen LogP contribution in [0.3, 0.4) is 0 Å². The van der Waals surface area contributed by atoms with E-state index in [1.807, 2.05) is 19.8 Å². The number of rotatable bonds is 5. The van der Waals surface area contributed by atoms with Gasteiger partial charge in [0.15, 0.2) is 0 Å². The standard InChI is InChI=1S/C24H43N2.C2H6.Rb/c1-3-13-25-14-11-24(12-15-25)18-22(19-24)20-26-16-9-23(10-17-26)7-5-21(4-2)6-8-23;1-2;/h21H,3-20H2,1-2H3;1-2H3;/q-1;;+1. The third-order valence-electron chi connectivity index (χ3n) is 8.81. The first-order valence-corrected chi connectivity index (χ1v) is 12.9. The maximum Gasteiger partial charge on any atom is 1.00 e. The largest absolute Gasteiger partial charge is 1.00 e. The number of likely N-dealkylation sites (tertiary alicyclic amines) is 2. The van der Waals surface area contributed by atoms with Gasteiger partial charge in [0.25, 0.3) is 0 Å². The molecule has 0 N–H and O–H groups in total. The summed E-state index contributed by atoms with van der Waals surface area (Å²) in [5.41, 5.74) is 1.48. The van der Waals surface area contributed by atoms with Crippen LogP contribution >= 0.6 is 0 Å². The topological polar surface area (TPSA) is 6.48 Å². The summed E-state index contributed by atoms with van der Waals surface area (Å²) in [6.07, 6.45) is 17.7. The van der Waals surface area contributed by atoms with Crippen molar-refractivity contribution in [1.29, 1.82) is 0 Å². The van der Waals surface area contributed by atoms with Crippen LogP contribution in [0.25, 0.3) is 0 Å². The minimum Gasteiger partial charge on any atom is -0.332 e. The van der Waals surface area contributed by atoms with Gasteiger partial charge in [0.05, 0.1) is 0 Å². The van der Waals surface area contributed by atoms with Gasteiger partial charge in [-0.1, -0.05) is 39.5 Å². The van der Waals surface area contributed by atoms with Gasteiger partial charge in [-0.25, -0.2) is 0 Å². The molecule has 0 aromatic carbocycles. The molecule has 0 radical (unpaired) electrons. The molecule has 2 aliphatic carbocycles. The van der Waals surface area contributed by atoms with Crippen molar-refractivity contribution in [3.05, 3.63) is 5.92 Å². The monoisotopic (exact) mass is 474 g/mol. The van der Waals surface area contributed by atoms with Crippen molar-refractivity contribution < 1.29 is 58.2 Å². The molecule has 3 heteroatoms. The van der Waals surface area contributed by atoms with Gasteiger partial charge in [-0.3, -0.25) is 5.92 Å². The van der Waals surface area contributed by atoms with Crippen LogP contribution in [-0.4, -0.2) is 49.1 Å². The van der Waals surface area contributed by atoms with Crippen molar-refractivity contribution in [2.24, 2.45) is 16.7 Å². The SMILES string of the molecule is CC.CCCN1CCC2(CC1)C[C-](CN1CCC3(CCC(CC)CC3)CC1)C2.[Rb+]. The van der Waals surface area contributed by atoms with Crippen LogP contribution in [0.15, 0.2) is 0 Å². The molecule has 0 atom stereocenters. The first-order valence-electron chi connectivity index (χ1n) is 12.9. The van der Waals surface area contributed by atoms with E-state index in [2.05, 4.69) is 23.6 Å². The summed E-state index contributed by atoms with van der Waals surface area (Å²) in [6, 6.07) is 0. The van der Waals surface area contributed by atoms with Crippen molar-refractivity contribution in [3.8, 4) is 0 Å². The average Bonchev–Trinajstić information content (AvgIpc) is 2.72. The van der Waals surface area contributed by atoms with Crippen LogP contribution in [0, 0.1) is 22.7 Å². The predicted molar refractivity (Wildman–Crippen MR) is 123 cm³/mol. The quantitative estimate of drug-likeness (QED) is 0.562. The van der Waals surface area contributed by atoms with E-state index in [1.54, 1.807) is 0 Å². The molecular weight excluding hydrogens is 426 g/mol. The maximum atomic E-state index is 2.81. The Hall–Kier alpha value is 1.73. The predicted octanol–water partition coefficient (Wildman–Crippen LogP) is 3.56. The van der Waals surface area contributed by atoms with Crippen LogP contribution in [0.2, 0.25) is 0 Å². The number of hydrogen-bond donors (Lipinski definition) is 0. The van der Waals surface area contributed by atoms with Crippen molar-refractivity contribution in [2.75, 3.05) is 39.3 Å².